The molecule has 0 bridgehead atoms. The molecule has 1 aromatic rings. The highest BCUT2D eigenvalue weighted by molar-refractivity contribution is 5.39. The van der Waals surface area contributed by atoms with Crippen LogP contribution in [0.5, 0.6) is 0 Å². The third kappa shape index (κ3) is 6.35. The summed E-state index contributed by atoms with van der Waals surface area (Å²) < 4.78 is 4.97. The Morgan fingerprint density at radius 1 is 1.42 bits per heavy atom. The fraction of sp³-hybridized carbons (Fsp3) is 0.692. The minimum Gasteiger partial charge on any atom is -0.388 e. The lowest BCUT2D eigenvalue weighted by Gasteiger charge is -2.23. The molecule has 6 nitrogen and oxygen atoms in total. The number of methoxy groups -OCH3 is 1. The number of aliphatic hydroxyl groups is 1. The van der Waals surface area contributed by atoms with Crippen LogP contribution in [0, 0.1) is 0 Å². The van der Waals surface area contributed by atoms with E-state index in [1.165, 1.54) is 0 Å². The van der Waals surface area contributed by atoms with Crippen LogP contribution in [0.2, 0.25) is 0 Å². The van der Waals surface area contributed by atoms with Gasteiger partial charge in [0.1, 0.15) is 5.82 Å². The van der Waals surface area contributed by atoms with Gasteiger partial charge in [-0.1, -0.05) is 6.92 Å². The van der Waals surface area contributed by atoms with Crippen molar-refractivity contribution < 1.29 is 9.84 Å². The van der Waals surface area contributed by atoms with Crippen LogP contribution >= 0.6 is 0 Å². The van der Waals surface area contributed by atoms with Gasteiger partial charge in [0, 0.05) is 39.4 Å². The molecule has 0 saturated carbocycles. The van der Waals surface area contributed by atoms with Gasteiger partial charge in [0.25, 0.3) is 0 Å². The molecule has 1 aromatic heterocycles. The van der Waals surface area contributed by atoms with Crippen molar-refractivity contribution >= 4 is 11.8 Å². The summed E-state index contributed by atoms with van der Waals surface area (Å²) >= 11 is 0. The third-order valence-electron chi connectivity index (χ3n) is 2.68. The van der Waals surface area contributed by atoms with E-state index in [4.69, 9.17) is 4.74 Å². The first kappa shape index (κ1) is 15.7. The van der Waals surface area contributed by atoms with E-state index in [9.17, 15) is 5.11 Å². The highest BCUT2D eigenvalue weighted by Crippen LogP contribution is 2.12. The van der Waals surface area contributed by atoms with E-state index in [1.54, 1.807) is 26.3 Å². The number of hydrogen-bond donors (Lipinski definition) is 3. The topological polar surface area (TPSA) is 79.3 Å². The predicted molar refractivity (Wildman–Crippen MR) is 76.4 cm³/mol. The fourth-order valence-electron chi connectivity index (χ4n) is 1.47. The highest BCUT2D eigenvalue weighted by atomic mass is 16.5. The number of nitrogens with one attached hydrogen (secondary N) is 2. The summed E-state index contributed by atoms with van der Waals surface area (Å²) in [5, 5.41) is 16.4. The Hall–Kier alpha value is -1.40. The van der Waals surface area contributed by atoms with Crippen molar-refractivity contribution in [2.45, 2.75) is 32.3 Å². The van der Waals surface area contributed by atoms with Crippen LogP contribution in [0.15, 0.2) is 12.3 Å². The molecule has 0 aromatic carbocycles. The van der Waals surface area contributed by atoms with Gasteiger partial charge in [-0.25, -0.2) is 4.98 Å². The molecule has 0 radical (unpaired) electrons. The molecule has 0 aliphatic carbocycles. The first-order valence-electron chi connectivity index (χ1n) is 6.59. The van der Waals surface area contributed by atoms with E-state index in [2.05, 4.69) is 27.5 Å². The normalized spacial score (nSPS) is 13.9. The molecular weight excluding hydrogens is 244 g/mol. The Bertz CT molecular complexity index is 371. The minimum absolute atomic E-state index is 0.417. The van der Waals surface area contributed by atoms with E-state index >= 15 is 0 Å². The zero-order valence-corrected chi connectivity index (χ0v) is 11.9. The summed E-state index contributed by atoms with van der Waals surface area (Å²) in [5.41, 5.74) is -0.821. The second kappa shape index (κ2) is 7.91. The molecule has 1 unspecified atom stereocenters. The molecular formula is C13H24N4O2. The lowest BCUT2D eigenvalue weighted by molar-refractivity contribution is 0.0357. The maximum absolute atomic E-state index is 10.1. The molecule has 0 fully saturated rings. The average molecular weight is 268 g/mol. The SMILES string of the molecule is CCCNc1nccc(NCC(C)(O)CCOC)n1. The van der Waals surface area contributed by atoms with Crippen molar-refractivity contribution in [2.75, 3.05) is 37.4 Å². The molecule has 6 heteroatoms. The molecule has 0 amide bonds. The van der Waals surface area contributed by atoms with E-state index in [0.717, 1.165) is 13.0 Å². The number of anilines is 2. The van der Waals surface area contributed by atoms with Crippen molar-refractivity contribution in [3.63, 3.8) is 0 Å². The summed E-state index contributed by atoms with van der Waals surface area (Å²) in [6.07, 6.45) is 3.28. The number of aromatic nitrogens is 2. The van der Waals surface area contributed by atoms with Gasteiger partial charge in [-0.15, -0.1) is 0 Å². The van der Waals surface area contributed by atoms with E-state index < -0.39 is 5.60 Å². The van der Waals surface area contributed by atoms with Gasteiger partial charge in [0.15, 0.2) is 0 Å². The van der Waals surface area contributed by atoms with Gasteiger partial charge in [0.2, 0.25) is 5.95 Å². The number of rotatable bonds is 9. The van der Waals surface area contributed by atoms with Gasteiger partial charge in [-0.3, -0.25) is 0 Å². The van der Waals surface area contributed by atoms with Gasteiger partial charge in [-0.05, 0) is 19.4 Å². The van der Waals surface area contributed by atoms with Crippen LogP contribution in [0.3, 0.4) is 0 Å². The van der Waals surface area contributed by atoms with Crippen LogP contribution in [0.4, 0.5) is 11.8 Å². The molecule has 1 heterocycles. The van der Waals surface area contributed by atoms with Crippen molar-refractivity contribution in [3.8, 4) is 0 Å². The van der Waals surface area contributed by atoms with Crippen LogP contribution in [-0.2, 0) is 4.74 Å². The van der Waals surface area contributed by atoms with E-state index in [1.807, 2.05) is 0 Å². The van der Waals surface area contributed by atoms with Crippen LogP contribution in [0.25, 0.3) is 0 Å². The van der Waals surface area contributed by atoms with Crippen molar-refractivity contribution in [2.24, 2.45) is 0 Å². The van der Waals surface area contributed by atoms with Crippen LogP contribution < -0.4 is 10.6 Å². The third-order valence-corrected chi connectivity index (χ3v) is 2.68. The molecule has 0 aliphatic heterocycles. The first-order chi connectivity index (χ1) is 9.07. The zero-order chi connectivity index (χ0) is 14.1. The Labute approximate surface area is 114 Å². The van der Waals surface area contributed by atoms with Crippen molar-refractivity contribution in [1.82, 2.24) is 9.97 Å². The Kier molecular flexibility index (Phi) is 6.52. The van der Waals surface area contributed by atoms with Gasteiger partial charge < -0.3 is 20.5 Å². The summed E-state index contributed by atoms with van der Waals surface area (Å²) in [6, 6.07) is 1.78. The molecule has 3 N–H and O–H groups in total. The summed E-state index contributed by atoms with van der Waals surface area (Å²) in [4.78, 5) is 8.44. The smallest absolute Gasteiger partial charge is 0.224 e. The van der Waals surface area contributed by atoms with Crippen LogP contribution in [-0.4, -0.2) is 47.5 Å². The second-order valence-electron chi connectivity index (χ2n) is 4.79. The van der Waals surface area contributed by atoms with Crippen LogP contribution in [0.1, 0.15) is 26.7 Å². The Morgan fingerprint density at radius 3 is 2.89 bits per heavy atom. The maximum atomic E-state index is 10.1. The minimum atomic E-state index is -0.821. The largest absolute Gasteiger partial charge is 0.388 e. The molecule has 108 valence electrons. The fourth-order valence-corrected chi connectivity index (χ4v) is 1.47. The second-order valence-corrected chi connectivity index (χ2v) is 4.79. The Balaban J connectivity index is 2.48. The lowest BCUT2D eigenvalue weighted by atomic mass is 10.0. The van der Waals surface area contributed by atoms with Crippen molar-refractivity contribution in [1.29, 1.82) is 0 Å². The van der Waals surface area contributed by atoms with E-state index in [0.29, 0.717) is 31.3 Å². The predicted octanol–water partition coefficient (Wildman–Crippen LogP) is 1.50. The maximum Gasteiger partial charge on any atom is 0.224 e. The molecule has 1 atom stereocenters. The Morgan fingerprint density at radius 2 is 2.21 bits per heavy atom. The molecule has 1 rings (SSSR count). The van der Waals surface area contributed by atoms with Gasteiger partial charge >= 0.3 is 0 Å². The molecule has 19 heavy (non-hydrogen) atoms. The van der Waals surface area contributed by atoms with Crippen molar-refractivity contribution in [3.05, 3.63) is 12.3 Å². The molecule has 0 saturated heterocycles. The first-order valence-corrected chi connectivity index (χ1v) is 6.59. The molecule has 0 aliphatic rings. The average Bonchev–Trinajstić information content (AvgIpc) is 2.41. The quantitative estimate of drug-likeness (QED) is 0.630. The summed E-state index contributed by atoms with van der Waals surface area (Å²) in [7, 11) is 1.62. The highest BCUT2D eigenvalue weighted by Gasteiger charge is 2.19. The standard InChI is InChI=1S/C13H24N4O2/c1-4-7-14-12-15-8-5-11(17-12)16-10-13(2,18)6-9-19-3/h5,8,18H,4,6-7,9-10H2,1-3H3,(H2,14,15,16,17). The summed E-state index contributed by atoms with van der Waals surface area (Å²) in [6.45, 7) is 5.65. The number of hydrogen-bond acceptors (Lipinski definition) is 6. The van der Waals surface area contributed by atoms with E-state index in [-0.39, 0.29) is 0 Å². The zero-order valence-electron chi connectivity index (χ0n) is 11.9. The number of ether oxygens (including phenoxy) is 1. The lowest BCUT2D eigenvalue weighted by Crippen LogP contribution is -2.34. The summed E-state index contributed by atoms with van der Waals surface area (Å²) in [5.74, 6) is 1.30. The number of nitrogens with zero attached hydrogens (tertiary/aromatic N) is 2. The van der Waals surface area contributed by atoms with Gasteiger partial charge in [0.05, 0.1) is 5.60 Å². The monoisotopic (exact) mass is 268 g/mol. The van der Waals surface area contributed by atoms with Gasteiger partial charge in [-0.2, -0.15) is 4.98 Å². The molecule has 0 spiro atoms.